The van der Waals surface area contributed by atoms with Crippen LogP contribution in [-0.2, 0) is 35.7 Å². The monoisotopic (exact) mass is 433 g/mol. The normalized spacial score (nSPS) is 23.7. The summed E-state index contributed by atoms with van der Waals surface area (Å²) in [5, 5.41) is 12.9. The van der Waals surface area contributed by atoms with Crippen molar-refractivity contribution in [1.82, 2.24) is 9.78 Å². The molecule has 5 rings (SSSR count). The Labute approximate surface area is 174 Å². The summed E-state index contributed by atoms with van der Waals surface area (Å²) in [6, 6.07) is 1.26. The molecule has 160 valence electrons. The van der Waals surface area contributed by atoms with Gasteiger partial charge in [-0.3, -0.25) is 0 Å². The summed E-state index contributed by atoms with van der Waals surface area (Å²) in [7, 11) is -3.55. The molecule has 2 heterocycles. The summed E-state index contributed by atoms with van der Waals surface area (Å²) in [6.45, 7) is 3.18. The fourth-order valence-corrected chi connectivity index (χ4v) is 5.79. The van der Waals surface area contributed by atoms with Crippen molar-refractivity contribution in [2.45, 2.75) is 62.6 Å². The molecule has 0 bridgehead atoms. The molecule has 1 aliphatic heterocycles. The fourth-order valence-electron chi connectivity index (χ4n) is 4.78. The van der Waals surface area contributed by atoms with Gasteiger partial charge in [0.2, 0.25) is 5.88 Å². The molecule has 1 aromatic carbocycles. The van der Waals surface area contributed by atoms with Gasteiger partial charge in [-0.1, -0.05) is 13.0 Å². The second-order valence-corrected chi connectivity index (χ2v) is 10.00. The molecule has 0 radical (unpaired) electrons. The Morgan fingerprint density at radius 1 is 1.43 bits per heavy atom. The van der Waals surface area contributed by atoms with Crippen LogP contribution in [0.3, 0.4) is 0 Å². The summed E-state index contributed by atoms with van der Waals surface area (Å²) in [6.07, 6.45) is 3.65. The zero-order chi connectivity index (χ0) is 21.0. The minimum atomic E-state index is -3.55. The van der Waals surface area contributed by atoms with Gasteiger partial charge >= 0.3 is 6.03 Å². The number of ether oxygens (including phenoxy) is 1. The Bertz CT molecular complexity index is 1170. The van der Waals surface area contributed by atoms with E-state index in [1.54, 1.807) is 4.68 Å². The third-order valence-corrected chi connectivity index (χ3v) is 7.49. The van der Waals surface area contributed by atoms with Crippen LogP contribution in [0.15, 0.2) is 21.5 Å². The minimum Gasteiger partial charge on any atom is -0.477 e. The number of benzene rings is 1. The molecule has 0 saturated carbocycles. The van der Waals surface area contributed by atoms with Crippen LogP contribution in [0.1, 0.15) is 47.9 Å². The van der Waals surface area contributed by atoms with Crippen LogP contribution in [0.4, 0.5) is 14.9 Å². The Hall–Kier alpha value is -2.46. The number of nitrogens with zero attached hydrogens (tertiary/aromatic N) is 3. The number of aryl methyl sites for hydroxylation is 2. The van der Waals surface area contributed by atoms with E-state index in [4.69, 9.17) is 9.88 Å². The zero-order valence-corrected chi connectivity index (χ0v) is 17.5. The maximum Gasteiger partial charge on any atom is 0.354 e. The van der Waals surface area contributed by atoms with Gasteiger partial charge in [-0.15, -0.1) is 4.36 Å². The lowest BCUT2D eigenvalue weighted by Gasteiger charge is -2.18. The highest BCUT2D eigenvalue weighted by atomic mass is 32.2. The Kier molecular flexibility index (Phi) is 4.59. The standard InChI is InChI=1S/C20H24FN5O3S/c1-11-3-4-12-7-13-8-14(21)9-15(13)18(17(11)12)24-20(27)25-30(22,28)16-10-23-26-5-2-6-29-19(16)26/h7,10-11,14H,2-6,8-9H2,1H3,(H3,22,24,25,27,28)/t11-,14-,30-/m1/s1. The topological polar surface area (TPSA) is 112 Å². The SMILES string of the molecule is C[C@@H]1CCc2cc3c(c(NC(=O)N=[S@@](N)(=O)c4cnn5c4OCCC5)c21)C[C@H](F)C3. The van der Waals surface area contributed by atoms with Gasteiger partial charge in [0.15, 0.2) is 9.92 Å². The number of aromatic nitrogens is 2. The molecule has 0 spiro atoms. The number of anilines is 1. The first-order chi connectivity index (χ1) is 14.3. The van der Waals surface area contributed by atoms with Crippen LogP contribution < -0.4 is 15.2 Å². The zero-order valence-electron chi connectivity index (χ0n) is 16.7. The first-order valence-electron chi connectivity index (χ1n) is 10.2. The number of carbonyl (C=O) groups excluding carboxylic acids is 1. The number of rotatable bonds is 2. The Morgan fingerprint density at radius 2 is 2.27 bits per heavy atom. The van der Waals surface area contributed by atoms with E-state index in [-0.39, 0.29) is 17.2 Å². The highest BCUT2D eigenvalue weighted by molar-refractivity contribution is 7.91. The van der Waals surface area contributed by atoms with Crippen molar-refractivity contribution in [3.8, 4) is 5.88 Å². The Balaban J connectivity index is 1.51. The smallest absolute Gasteiger partial charge is 0.354 e. The maximum atomic E-state index is 14.1. The van der Waals surface area contributed by atoms with Crippen molar-refractivity contribution in [2.24, 2.45) is 9.50 Å². The molecule has 8 nitrogen and oxygen atoms in total. The van der Waals surface area contributed by atoms with E-state index in [9.17, 15) is 13.4 Å². The average Bonchev–Trinajstić information content (AvgIpc) is 3.37. The number of fused-ring (bicyclic) bond motifs is 3. The third-order valence-electron chi connectivity index (χ3n) is 6.14. The van der Waals surface area contributed by atoms with Gasteiger partial charge in [-0.05, 0) is 41.0 Å². The van der Waals surface area contributed by atoms with E-state index in [1.807, 2.05) is 0 Å². The van der Waals surface area contributed by atoms with E-state index in [0.717, 1.165) is 41.5 Å². The fraction of sp³-hybridized carbons (Fsp3) is 0.500. The van der Waals surface area contributed by atoms with E-state index in [1.165, 1.54) is 6.20 Å². The molecule has 0 fully saturated rings. The molecule has 3 N–H and O–H groups in total. The number of amides is 2. The van der Waals surface area contributed by atoms with Crippen molar-refractivity contribution < 1.29 is 18.1 Å². The first kappa shape index (κ1) is 19.5. The van der Waals surface area contributed by atoms with Crippen LogP contribution in [-0.4, -0.2) is 32.8 Å². The third kappa shape index (κ3) is 3.18. The predicted octanol–water partition coefficient (Wildman–Crippen LogP) is 3.08. The second-order valence-electron chi connectivity index (χ2n) is 8.24. The number of carbonyl (C=O) groups is 1. The Morgan fingerprint density at radius 3 is 3.10 bits per heavy atom. The number of hydrogen-bond donors (Lipinski definition) is 2. The molecule has 3 atom stereocenters. The lowest BCUT2D eigenvalue weighted by Crippen LogP contribution is -2.21. The molecule has 0 unspecified atom stereocenters. The molecular formula is C20H24FN5O3S. The van der Waals surface area contributed by atoms with E-state index < -0.39 is 22.1 Å². The van der Waals surface area contributed by atoms with Crippen LogP contribution in [0.25, 0.3) is 0 Å². The van der Waals surface area contributed by atoms with Gasteiger partial charge in [-0.25, -0.2) is 23.2 Å². The average molecular weight is 434 g/mol. The number of urea groups is 1. The number of halogens is 1. The second kappa shape index (κ2) is 7.05. The molecule has 2 aromatic rings. The van der Waals surface area contributed by atoms with Gasteiger partial charge < -0.3 is 10.1 Å². The van der Waals surface area contributed by atoms with Crippen molar-refractivity contribution in [1.29, 1.82) is 0 Å². The quantitative estimate of drug-likeness (QED) is 0.758. The van der Waals surface area contributed by atoms with Gasteiger partial charge in [-0.2, -0.15) is 5.10 Å². The van der Waals surface area contributed by atoms with Crippen LogP contribution >= 0.6 is 0 Å². The van der Waals surface area contributed by atoms with Crippen molar-refractivity contribution >= 4 is 21.6 Å². The predicted molar refractivity (Wildman–Crippen MR) is 110 cm³/mol. The number of nitrogens with two attached hydrogens (primary N) is 1. The molecule has 3 aliphatic rings. The summed E-state index contributed by atoms with van der Waals surface area (Å²) < 4.78 is 38.1. The van der Waals surface area contributed by atoms with Gasteiger partial charge in [0.1, 0.15) is 11.1 Å². The molecule has 2 aliphatic carbocycles. The largest absolute Gasteiger partial charge is 0.477 e. The van der Waals surface area contributed by atoms with E-state index in [2.05, 4.69) is 27.8 Å². The maximum absolute atomic E-state index is 14.1. The summed E-state index contributed by atoms with van der Waals surface area (Å²) >= 11 is 0. The number of nitrogens with one attached hydrogen (secondary N) is 1. The molecular weight excluding hydrogens is 409 g/mol. The van der Waals surface area contributed by atoms with Gasteiger partial charge in [0.05, 0.1) is 12.8 Å². The van der Waals surface area contributed by atoms with Crippen LogP contribution in [0, 0.1) is 0 Å². The van der Waals surface area contributed by atoms with E-state index >= 15 is 0 Å². The van der Waals surface area contributed by atoms with Crippen LogP contribution in [0.2, 0.25) is 0 Å². The summed E-state index contributed by atoms with van der Waals surface area (Å²) in [5.41, 5.74) is 4.52. The van der Waals surface area contributed by atoms with Gasteiger partial charge in [0, 0.05) is 31.5 Å². The minimum absolute atomic E-state index is 0.109. The molecule has 0 saturated heterocycles. The molecule has 1 aromatic heterocycles. The van der Waals surface area contributed by atoms with E-state index in [0.29, 0.717) is 31.1 Å². The number of hydrogen-bond acceptors (Lipinski definition) is 4. The highest BCUT2D eigenvalue weighted by Gasteiger charge is 2.32. The summed E-state index contributed by atoms with van der Waals surface area (Å²) in [4.78, 5) is 12.9. The first-order valence-corrected chi connectivity index (χ1v) is 11.8. The summed E-state index contributed by atoms with van der Waals surface area (Å²) in [5.74, 6) is 0.540. The van der Waals surface area contributed by atoms with Crippen LogP contribution in [0.5, 0.6) is 5.88 Å². The van der Waals surface area contributed by atoms with Crippen molar-refractivity contribution in [3.63, 3.8) is 0 Å². The lowest BCUT2D eigenvalue weighted by atomic mass is 9.95. The van der Waals surface area contributed by atoms with Crippen molar-refractivity contribution in [3.05, 3.63) is 34.5 Å². The molecule has 2 amide bonds. The molecule has 30 heavy (non-hydrogen) atoms. The van der Waals surface area contributed by atoms with Gasteiger partial charge in [0.25, 0.3) is 0 Å². The number of alkyl halides is 1. The lowest BCUT2D eigenvalue weighted by molar-refractivity contribution is 0.224. The van der Waals surface area contributed by atoms with Crippen molar-refractivity contribution in [2.75, 3.05) is 11.9 Å². The molecule has 10 heteroatoms. The highest BCUT2D eigenvalue weighted by Crippen LogP contribution is 2.44.